The SMILES string of the molecule is OCC1OC(O[C@H]2[C@H](O)[C@@H](O)CN3CC[C@H](O)[C@H]23)C(O)C(O)C1O. The van der Waals surface area contributed by atoms with Crippen LogP contribution in [0.5, 0.6) is 0 Å². The van der Waals surface area contributed by atoms with Gasteiger partial charge in [0, 0.05) is 13.1 Å². The first kappa shape index (κ1) is 18.4. The van der Waals surface area contributed by atoms with Crippen molar-refractivity contribution in [3.8, 4) is 0 Å². The Morgan fingerprint density at radius 1 is 0.917 bits per heavy atom. The van der Waals surface area contributed by atoms with Gasteiger partial charge in [-0.15, -0.1) is 0 Å². The lowest BCUT2D eigenvalue weighted by molar-refractivity contribution is -0.328. The number of hydrogen-bond donors (Lipinski definition) is 7. The molecular weight excluding hydrogens is 326 g/mol. The lowest BCUT2D eigenvalue weighted by atomic mass is 9.92. The zero-order chi connectivity index (χ0) is 17.6. The van der Waals surface area contributed by atoms with Crippen LogP contribution in [0.4, 0.5) is 0 Å². The Labute approximate surface area is 138 Å². The van der Waals surface area contributed by atoms with E-state index in [1.54, 1.807) is 4.90 Å². The summed E-state index contributed by atoms with van der Waals surface area (Å²) in [4.78, 5) is 1.79. The lowest BCUT2D eigenvalue weighted by Crippen LogP contribution is -2.66. The molecule has 0 radical (unpaired) electrons. The first-order chi connectivity index (χ1) is 11.3. The topological polar surface area (TPSA) is 163 Å². The highest BCUT2D eigenvalue weighted by Gasteiger charge is 2.52. The van der Waals surface area contributed by atoms with Crippen LogP contribution in [-0.4, -0.2) is 122 Å². The second kappa shape index (κ2) is 7.08. The molecule has 0 aromatic carbocycles. The molecule has 10 atom stereocenters. The van der Waals surface area contributed by atoms with E-state index < -0.39 is 67.8 Å². The predicted octanol–water partition coefficient (Wildman–Crippen LogP) is -4.66. The molecule has 24 heavy (non-hydrogen) atoms. The molecule has 3 heterocycles. The Kier molecular flexibility index (Phi) is 5.42. The highest BCUT2D eigenvalue weighted by atomic mass is 16.7. The number of hydrogen-bond acceptors (Lipinski definition) is 10. The van der Waals surface area contributed by atoms with Crippen LogP contribution in [0.2, 0.25) is 0 Å². The van der Waals surface area contributed by atoms with Gasteiger partial charge in [-0.1, -0.05) is 0 Å². The highest BCUT2D eigenvalue weighted by Crippen LogP contribution is 2.33. The van der Waals surface area contributed by atoms with Gasteiger partial charge in [0.2, 0.25) is 0 Å². The molecule has 0 spiro atoms. The lowest BCUT2D eigenvalue weighted by Gasteiger charge is -2.47. The van der Waals surface area contributed by atoms with Gasteiger partial charge >= 0.3 is 0 Å². The molecule has 0 aliphatic carbocycles. The van der Waals surface area contributed by atoms with Crippen molar-refractivity contribution in [3.05, 3.63) is 0 Å². The number of ether oxygens (including phenoxy) is 2. The van der Waals surface area contributed by atoms with Crippen molar-refractivity contribution in [3.63, 3.8) is 0 Å². The molecule has 5 unspecified atom stereocenters. The number of aliphatic hydroxyl groups excluding tert-OH is 7. The van der Waals surface area contributed by atoms with Crippen LogP contribution in [0.15, 0.2) is 0 Å². The zero-order valence-corrected chi connectivity index (χ0v) is 13.0. The van der Waals surface area contributed by atoms with Crippen LogP contribution in [-0.2, 0) is 9.47 Å². The molecule has 3 aliphatic rings. The maximum Gasteiger partial charge on any atom is 0.187 e. The van der Waals surface area contributed by atoms with Crippen LogP contribution >= 0.6 is 0 Å². The van der Waals surface area contributed by atoms with Crippen LogP contribution < -0.4 is 0 Å². The normalized spacial score (nSPS) is 53.1. The van der Waals surface area contributed by atoms with Gasteiger partial charge in [0.05, 0.1) is 24.9 Å². The molecule has 7 N–H and O–H groups in total. The van der Waals surface area contributed by atoms with Crippen molar-refractivity contribution in [2.75, 3.05) is 19.7 Å². The van der Waals surface area contributed by atoms with E-state index in [0.717, 1.165) is 0 Å². The minimum atomic E-state index is -1.61. The summed E-state index contributed by atoms with van der Waals surface area (Å²) in [5.41, 5.74) is 0. The minimum absolute atomic E-state index is 0.192. The molecule has 3 aliphatic heterocycles. The highest BCUT2D eigenvalue weighted by molar-refractivity contribution is 5.03. The third kappa shape index (κ3) is 3.07. The fraction of sp³-hybridized carbons (Fsp3) is 1.00. The molecule has 0 aromatic heterocycles. The summed E-state index contributed by atoms with van der Waals surface area (Å²) in [5.74, 6) is 0. The molecule has 3 fully saturated rings. The van der Waals surface area contributed by atoms with Crippen molar-refractivity contribution >= 4 is 0 Å². The van der Waals surface area contributed by atoms with Crippen LogP contribution in [0, 0.1) is 0 Å². The molecule has 140 valence electrons. The van der Waals surface area contributed by atoms with E-state index in [1.165, 1.54) is 0 Å². The number of rotatable bonds is 3. The van der Waals surface area contributed by atoms with Crippen molar-refractivity contribution in [1.82, 2.24) is 4.90 Å². The summed E-state index contributed by atoms with van der Waals surface area (Å²) in [6, 6.07) is -0.587. The number of nitrogens with zero attached hydrogens (tertiary/aromatic N) is 1. The number of fused-ring (bicyclic) bond motifs is 1. The molecule has 10 heteroatoms. The largest absolute Gasteiger partial charge is 0.394 e. The Morgan fingerprint density at radius 3 is 2.29 bits per heavy atom. The molecule has 0 aromatic rings. The van der Waals surface area contributed by atoms with E-state index >= 15 is 0 Å². The smallest absolute Gasteiger partial charge is 0.187 e. The van der Waals surface area contributed by atoms with Crippen molar-refractivity contribution in [2.24, 2.45) is 0 Å². The number of piperidine rings is 1. The van der Waals surface area contributed by atoms with E-state index in [0.29, 0.717) is 13.0 Å². The monoisotopic (exact) mass is 351 g/mol. The average molecular weight is 351 g/mol. The predicted molar refractivity (Wildman–Crippen MR) is 76.6 cm³/mol. The molecule has 10 nitrogen and oxygen atoms in total. The third-order valence-electron chi connectivity index (χ3n) is 5.16. The second-order valence-electron chi connectivity index (χ2n) is 6.70. The van der Waals surface area contributed by atoms with Gasteiger partial charge < -0.3 is 45.2 Å². The van der Waals surface area contributed by atoms with Crippen molar-refractivity contribution < 1.29 is 45.2 Å². The summed E-state index contributed by atoms with van der Waals surface area (Å²) in [6.45, 7) is 0.125. The van der Waals surface area contributed by atoms with Gasteiger partial charge in [0.25, 0.3) is 0 Å². The maximum atomic E-state index is 10.2. The summed E-state index contributed by atoms with van der Waals surface area (Å²) >= 11 is 0. The van der Waals surface area contributed by atoms with Gasteiger partial charge in [-0.3, -0.25) is 4.90 Å². The standard InChI is InChI=1S/C14H25NO9/c16-4-7-10(20)11(21)12(22)14(23-7)24-13-8-5(17)1-2-15(8)3-6(18)9(13)19/h5-14,16-22H,1-4H2/t5-,6-,7?,8+,9+,10?,11?,12?,13+,14?/m0/s1. The Hall–Kier alpha value is -0.400. The van der Waals surface area contributed by atoms with Gasteiger partial charge in [0.1, 0.15) is 36.6 Å². The van der Waals surface area contributed by atoms with Gasteiger partial charge in [-0.05, 0) is 6.42 Å². The van der Waals surface area contributed by atoms with E-state index in [4.69, 9.17) is 9.47 Å². The maximum absolute atomic E-state index is 10.2. The van der Waals surface area contributed by atoms with Crippen molar-refractivity contribution in [2.45, 2.75) is 67.6 Å². The fourth-order valence-corrected chi connectivity index (χ4v) is 3.77. The minimum Gasteiger partial charge on any atom is -0.394 e. The first-order valence-corrected chi connectivity index (χ1v) is 8.09. The van der Waals surface area contributed by atoms with Crippen LogP contribution in [0.25, 0.3) is 0 Å². The van der Waals surface area contributed by atoms with E-state index in [1.807, 2.05) is 0 Å². The second-order valence-corrected chi connectivity index (χ2v) is 6.70. The van der Waals surface area contributed by atoms with Crippen LogP contribution in [0.3, 0.4) is 0 Å². The van der Waals surface area contributed by atoms with Crippen LogP contribution in [0.1, 0.15) is 6.42 Å². The summed E-state index contributed by atoms with van der Waals surface area (Å²) < 4.78 is 10.9. The van der Waals surface area contributed by atoms with E-state index in [2.05, 4.69) is 0 Å². The molecule has 3 rings (SSSR count). The van der Waals surface area contributed by atoms with E-state index in [-0.39, 0.29) is 6.54 Å². The Balaban J connectivity index is 1.77. The molecule has 0 saturated carbocycles. The summed E-state index contributed by atoms with van der Waals surface area (Å²) in [7, 11) is 0. The quantitative estimate of drug-likeness (QED) is 0.263. The summed E-state index contributed by atoms with van der Waals surface area (Å²) in [5, 5.41) is 69.2. The van der Waals surface area contributed by atoms with E-state index in [9.17, 15) is 35.7 Å². The summed E-state index contributed by atoms with van der Waals surface area (Å²) in [6.07, 6.45) is -11.1. The van der Waals surface area contributed by atoms with Gasteiger partial charge in [0.15, 0.2) is 6.29 Å². The third-order valence-corrected chi connectivity index (χ3v) is 5.16. The van der Waals surface area contributed by atoms with Crippen molar-refractivity contribution in [1.29, 1.82) is 0 Å². The fourth-order valence-electron chi connectivity index (χ4n) is 3.77. The molecule has 0 amide bonds. The van der Waals surface area contributed by atoms with Gasteiger partial charge in [-0.2, -0.15) is 0 Å². The number of aliphatic hydroxyl groups is 7. The molecule has 0 bridgehead atoms. The first-order valence-electron chi connectivity index (χ1n) is 8.09. The Morgan fingerprint density at radius 2 is 1.62 bits per heavy atom. The average Bonchev–Trinajstić information content (AvgIpc) is 2.92. The molecular formula is C14H25NO9. The molecule has 3 saturated heterocycles. The van der Waals surface area contributed by atoms with Gasteiger partial charge in [-0.25, -0.2) is 0 Å². The Bertz CT molecular complexity index is 438. The zero-order valence-electron chi connectivity index (χ0n) is 13.0.